The molecule has 1 aromatic carbocycles. The molecule has 1 aliphatic carbocycles. The molecule has 4 nitrogen and oxygen atoms in total. The van der Waals surface area contributed by atoms with Gasteiger partial charge in [0, 0.05) is 19.5 Å². The summed E-state index contributed by atoms with van der Waals surface area (Å²) in [6.45, 7) is 0.556. The van der Waals surface area contributed by atoms with Crippen LogP contribution in [0.2, 0.25) is 0 Å². The summed E-state index contributed by atoms with van der Waals surface area (Å²) in [5.74, 6) is -0.0503. The van der Waals surface area contributed by atoms with Crippen molar-refractivity contribution in [3.63, 3.8) is 0 Å². The Morgan fingerprint density at radius 1 is 1.24 bits per heavy atom. The minimum atomic E-state index is -0.347. The van der Waals surface area contributed by atoms with Crippen molar-refractivity contribution in [3.8, 4) is 0 Å². The van der Waals surface area contributed by atoms with E-state index in [0.29, 0.717) is 12.1 Å². The van der Waals surface area contributed by atoms with Crippen molar-refractivity contribution in [2.24, 2.45) is 5.92 Å². The Kier molecular flexibility index (Phi) is 5.14. The number of esters is 1. The molecule has 0 bridgehead atoms. The van der Waals surface area contributed by atoms with Gasteiger partial charge in [0.1, 0.15) is 0 Å². The average molecular weight is 287 g/mol. The van der Waals surface area contributed by atoms with Crippen LogP contribution in [-0.2, 0) is 16.1 Å². The van der Waals surface area contributed by atoms with E-state index in [0.717, 1.165) is 24.8 Å². The lowest BCUT2D eigenvalue weighted by molar-refractivity contribution is -0.135. The third-order valence-corrected chi connectivity index (χ3v) is 3.79. The maximum absolute atomic E-state index is 12.3. The molecule has 0 aromatic heterocycles. The molecule has 1 aromatic rings. The molecule has 0 N–H and O–H groups in total. The number of methoxy groups -OCH3 is 1. The minimum absolute atomic E-state index is 0.106. The summed E-state index contributed by atoms with van der Waals surface area (Å²) in [6, 6.07) is 7.17. The Morgan fingerprint density at radius 3 is 2.52 bits per heavy atom. The van der Waals surface area contributed by atoms with Crippen LogP contribution in [-0.4, -0.2) is 30.9 Å². The van der Waals surface area contributed by atoms with Crippen molar-refractivity contribution in [1.82, 2.24) is 4.90 Å². The molecule has 112 valence electrons. The van der Waals surface area contributed by atoms with Gasteiger partial charge < -0.3 is 9.64 Å². The maximum atomic E-state index is 12.3. The van der Waals surface area contributed by atoms with Gasteiger partial charge >= 0.3 is 5.97 Å². The molecule has 0 unspecified atom stereocenters. The summed E-state index contributed by atoms with van der Waals surface area (Å²) in [5.41, 5.74) is 1.53. The van der Waals surface area contributed by atoms with Crippen molar-refractivity contribution in [3.05, 3.63) is 47.5 Å². The molecule has 0 saturated carbocycles. The summed E-state index contributed by atoms with van der Waals surface area (Å²) in [6.07, 6.45) is 6.98. The van der Waals surface area contributed by atoms with Gasteiger partial charge in [0.05, 0.1) is 12.7 Å². The lowest BCUT2D eigenvalue weighted by atomic mass is 9.93. The summed E-state index contributed by atoms with van der Waals surface area (Å²) in [5, 5.41) is 0. The number of nitrogens with zero attached hydrogens (tertiary/aromatic N) is 1. The van der Waals surface area contributed by atoms with Gasteiger partial charge in [-0.1, -0.05) is 24.3 Å². The van der Waals surface area contributed by atoms with Gasteiger partial charge in [-0.05, 0) is 37.0 Å². The van der Waals surface area contributed by atoms with Crippen LogP contribution in [0.3, 0.4) is 0 Å². The monoisotopic (exact) mass is 287 g/mol. The molecule has 2 rings (SSSR count). The van der Waals surface area contributed by atoms with Gasteiger partial charge in [-0.3, -0.25) is 4.79 Å². The third-order valence-electron chi connectivity index (χ3n) is 3.79. The number of benzene rings is 1. The first kappa shape index (κ1) is 15.3. The van der Waals surface area contributed by atoms with E-state index in [4.69, 9.17) is 0 Å². The van der Waals surface area contributed by atoms with E-state index >= 15 is 0 Å². The Bertz CT molecular complexity index is 533. The van der Waals surface area contributed by atoms with E-state index in [9.17, 15) is 9.59 Å². The fourth-order valence-corrected chi connectivity index (χ4v) is 2.55. The largest absolute Gasteiger partial charge is 0.465 e. The highest BCUT2D eigenvalue weighted by Gasteiger charge is 2.22. The van der Waals surface area contributed by atoms with Crippen LogP contribution in [0.25, 0.3) is 0 Å². The predicted molar refractivity (Wildman–Crippen MR) is 80.7 cm³/mol. The average Bonchev–Trinajstić information content (AvgIpc) is 2.55. The standard InChI is InChI=1S/C17H21NO3/c1-18(16(19)14-6-4-3-5-7-14)12-13-8-10-15(11-9-13)17(20)21-2/h3-4,8-11,14H,5-7,12H2,1-2H3/t14-/m1/s1. The summed E-state index contributed by atoms with van der Waals surface area (Å²) in [4.78, 5) is 25.5. The second kappa shape index (κ2) is 7.07. The SMILES string of the molecule is COC(=O)c1ccc(CN(C)C(=O)[C@@H]2CC=CCC2)cc1. The Morgan fingerprint density at radius 2 is 1.95 bits per heavy atom. The number of rotatable bonds is 4. The number of amides is 1. The van der Waals surface area contributed by atoms with E-state index in [1.165, 1.54) is 7.11 Å². The molecule has 21 heavy (non-hydrogen) atoms. The number of carbonyl (C=O) groups is 2. The molecule has 0 fully saturated rings. The van der Waals surface area contributed by atoms with Crippen LogP contribution in [0.1, 0.15) is 35.2 Å². The number of carbonyl (C=O) groups excluding carboxylic acids is 2. The van der Waals surface area contributed by atoms with E-state index in [1.54, 1.807) is 17.0 Å². The van der Waals surface area contributed by atoms with E-state index in [2.05, 4.69) is 16.9 Å². The Balaban J connectivity index is 1.95. The third kappa shape index (κ3) is 3.94. The van der Waals surface area contributed by atoms with Gasteiger partial charge in [-0.25, -0.2) is 4.79 Å². The topological polar surface area (TPSA) is 46.6 Å². The fraction of sp³-hybridized carbons (Fsp3) is 0.412. The normalized spacial score (nSPS) is 17.3. The number of ether oxygens (including phenoxy) is 1. The molecule has 0 aliphatic heterocycles. The van der Waals surface area contributed by atoms with Crippen LogP contribution in [0.15, 0.2) is 36.4 Å². The van der Waals surface area contributed by atoms with Crippen LogP contribution in [0.5, 0.6) is 0 Å². The van der Waals surface area contributed by atoms with Crippen molar-refractivity contribution in [1.29, 1.82) is 0 Å². The lowest BCUT2D eigenvalue weighted by Crippen LogP contribution is -2.32. The summed E-state index contributed by atoms with van der Waals surface area (Å²) < 4.78 is 4.66. The summed E-state index contributed by atoms with van der Waals surface area (Å²) in [7, 11) is 3.19. The number of hydrogen-bond acceptors (Lipinski definition) is 3. The zero-order valence-corrected chi connectivity index (χ0v) is 12.5. The lowest BCUT2D eigenvalue weighted by Gasteiger charge is -2.24. The molecular formula is C17H21NO3. The smallest absolute Gasteiger partial charge is 0.337 e. The zero-order chi connectivity index (χ0) is 15.2. The van der Waals surface area contributed by atoms with Gasteiger partial charge in [0.15, 0.2) is 0 Å². The second-order valence-corrected chi connectivity index (χ2v) is 5.36. The second-order valence-electron chi connectivity index (χ2n) is 5.36. The first-order chi connectivity index (χ1) is 10.1. The maximum Gasteiger partial charge on any atom is 0.337 e. The number of allylic oxidation sites excluding steroid dienone is 2. The first-order valence-electron chi connectivity index (χ1n) is 7.19. The highest BCUT2D eigenvalue weighted by Crippen LogP contribution is 2.21. The minimum Gasteiger partial charge on any atom is -0.465 e. The van der Waals surface area contributed by atoms with Crippen molar-refractivity contribution in [2.75, 3.05) is 14.2 Å². The van der Waals surface area contributed by atoms with Crippen molar-refractivity contribution < 1.29 is 14.3 Å². The molecule has 0 saturated heterocycles. The van der Waals surface area contributed by atoms with E-state index < -0.39 is 0 Å². The van der Waals surface area contributed by atoms with Crippen molar-refractivity contribution in [2.45, 2.75) is 25.8 Å². The van der Waals surface area contributed by atoms with Crippen LogP contribution >= 0.6 is 0 Å². The van der Waals surface area contributed by atoms with Crippen molar-refractivity contribution >= 4 is 11.9 Å². The molecule has 0 radical (unpaired) electrons. The predicted octanol–water partition coefficient (Wildman–Crippen LogP) is 2.79. The molecule has 0 heterocycles. The van der Waals surface area contributed by atoms with Gasteiger partial charge in [-0.15, -0.1) is 0 Å². The quantitative estimate of drug-likeness (QED) is 0.632. The van der Waals surface area contributed by atoms with E-state index in [1.807, 2.05) is 19.2 Å². The summed E-state index contributed by atoms with van der Waals surface area (Å²) >= 11 is 0. The fourth-order valence-electron chi connectivity index (χ4n) is 2.55. The highest BCUT2D eigenvalue weighted by molar-refractivity contribution is 5.89. The molecule has 0 spiro atoms. The van der Waals surface area contributed by atoms with Crippen LogP contribution in [0.4, 0.5) is 0 Å². The first-order valence-corrected chi connectivity index (χ1v) is 7.19. The van der Waals surface area contributed by atoms with Crippen LogP contribution in [0, 0.1) is 5.92 Å². The van der Waals surface area contributed by atoms with E-state index in [-0.39, 0.29) is 17.8 Å². The van der Waals surface area contributed by atoms with Gasteiger partial charge in [-0.2, -0.15) is 0 Å². The molecule has 4 heteroatoms. The molecule has 1 aliphatic rings. The molecular weight excluding hydrogens is 266 g/mol. The van der Waals surface area contributed by atoms with Crippen LogP contribution < -0.4 is 0 Å². The van der Waals surface area contributed by atoms with Gasteiger partial charge in [0.2, 0.25) is 5.91 Å². The Labute approximate surface area is 125 Å². The Hall–Kier alpha value is -2.10. The highest BCUT2D eigenvalue weighted by atomic mass is 16.5. The zero-order valence-electron chi connectivity index (χ0n) is 12.5. The molecule has 1 amide bonds. The molecule has 1 atom stereocenters. The number of hydrogen-bond donors (Lipinski definition) is 0. The van der Waals surface area contributed by atoms with Gasteiger partial charge in [0.25, 0.3) is 0 Å².